The minimum absolute atomic E-state index is 0.0508. The van der Waals surface area contributed by atoms with Gasteiger partial charge in [0.1, 0.15) is 11.8 Å². The van der Waals surface area contributed by atoms with E-state index in [0.29, 0.717) is 11.3 Å². The molecule has 6 nitrogen and oxygen atoms in total. The van der Waals surface area contributed by atoms with Gasteiger partial charge in [-0.05, 0) is 6.07 Å². The van der Waals surface area contributed by atoms with Gasteiger partial charge in [-0.25, -0.2) is 4.68 Å². The van der Waals surface area contributed by atoms with Crippen molar-refractivity contribution in [2.24, 2.45) is 0 Å². The highest BCUT2D eigenvalue weighted by molar-refractivity contribution is 5.37. The van der Waals surface area contributed by atoms with E-state index in [0.717, 1.165) is 0 Å². The van der Waals surface area contributed by atoms with Crippen LogP contribution in [0.5, 0.6) is 0 Å². The molecule has 0 aromatic carbocycles. The Hall–Kier alpha value is -2.52. The van der Waals surface area contributed by atoms with Crippen molar-refractivity contribution < 1.29 is 5.11 Å². The van der Waals surface area contributed by atoms with E-state index in [4.69, 9.17) is 10.4 Å². The number of nitrogens with zero attached hydrogens (tertiary/aromatic N) is 4. The zero-order valence-electron chi connectivity index (χ0n) is 8.74. The average molecular weight is 228 g/mol. The molecule has 0 fully saturated rings. The molecular formula is C11H8N4O2. The highest BCUT2D eigenvalue weighted by Gasteiger charge is 2.03. The van der Waals surface area contributed by atoms with E-state index in [1.807, 2.05) is 6.07 Å². The number of pyridine rings is 1. The topological polar surface area (TPSA) is 91.8 Å². The lowest BCUT2D eigenvalue weighted by atomic mass is 10.3. The quantitative estimate of drug-likeness (QED) is 0.780. The van der Waals surface area contributed by atoms with Gasteiger partial charge < -0.3 is 5.11 Å². The zero-order chi connectivity index (χ0) is 12.3. The van der Waals surface area contributed by atoms with Gasteiger partial charge >= 0.3 is 0 Å². The molecule has 6 heteroatoms. The second-order valence-electron chi connectivity index (χ2n) is 3.27. The number of rotatable bonds is 2. The van der Waals surface area contributed by atoms with Gasteiger partial charge in [-0.3, -0.25) is 9.78 Å². The van der Waals surface area contributed by atoms with Crippen LogP contribution in [0, 0.1) is 11.3 Å². The first-order valence-electron chi connectivity index (χ1n) is 4.80. The number of hydrogen-bond donors (Lipinski definition) is 1. The first kappa shape index (κ1) is 11.0. The Balaban J connectivity index is 2.53. The molecule has 2 heterocycles. The number of nitriles is 1. The van der Waals surface area contributed by atoms with Gasteiger partial charge in [-0.2, -0.15) is 10.4 Å². The molecule has 0 aliphatic rings. The summed E-state index contributed by atoms with van der Waals surface area (Å²) in [7, 11) is 0. The van der Waals surface area contributed by atoms with Gasteiger partial charge in [-0.15, -0.1) is 0 Å². The van der Waals surface area contributed by atoms with Crippen LogP contribution in [0.15, 0.2) is 35.5 Å². The van der Waals surface area contributed by atoms with Crippen molar-refractivity contribution in [3.63, 3.8) is 0 Å². The Morgan fingerprint density at radius 1 is 1.47 bits per heavy atom. The molecule has 2 aromatic rings. The van der Waals surface area contributed by atoms with Crippen molar-refractivity contribution in [3.05, 3.63) is 52.2 Å². The molecule has 84 valence electrons. The molecule has 0 spiro atoms. The standard InChI is InChI=1S/C11H8N4O2/c12-4-8-3-9(6-13-5-8)15-2-1-11(17)10(7-16)14-15/h1-3,5-6,16H,7H2. The third-order valence-electron chi connectivity index (χ3n) is 2.15. The minimum atomic E-state index is -0.426. The molecule has 0 aliphatic carbocycles. The molecule has 17 heavy (non-hydrogen) atoms. The van der Waals surface area contributed by atoms with Crippen molar-refractivity contribution in [2.45, 2.75) is 6.61 Å². The molecule has 2 aromatic heterocycles. The zero-order valence-corrected chi connectivity index (χ0v) is 8.74. The predicted octanol–water partition coefficient (Wildman–Crippen LogP) is -0.00852. The van der Waals surface area contributed by atoms with E-state index >= 15 is 0 Å². The number of aliphatic hydroxyl groups excluding tert-OH is 1. The summed E-state index contributed by atoms with van der Waals surface area (Å²) in [5, 5.41) is 21.6. The fourth-order valence-electron chi connectivity index (χ4n) is 1.31. The fourth-order valence-corrected chi connectivity index (χ4v) is 1.31. The van der Waals surface area contributed by atoms with Gasteiger partial charge in [-0.1, -0.05) is 0 Å². The second-order valence-corrected chi connectivity index (χ2v) is 3.27. The van der Waals surface area contributed by atoms with E-state index in [9.17, 15) is 4.79 Å². The molecule has 0 saturated carbocycles. The number of aliphatic hydroxyl groups is 1. The van der Waals surface area contributed by atoms with Crippen LogP contribution < -0.4 is 5.43 Å². The van der Waals surface area contributed by atoms with Crippen molar-refractivity contribution in [3.8, 4) is 11.8 Å². The molecule has 0 bridgehead atoms. The summed E-state index contributed by atoms with van der Waals surface area (Å²) < 4.78 is 1.39. The van der Waals surface area contributed by atoms with E-state index < -0.39 is 6.61 Å². The molecule has 0 radical (unpaired) electrons. The van der Waals surface area contributed by atoms with Crippen LogP contribution in [0.3, 0.4) is 0 Å². The fraction of sp³-hybridized carbons (Fsp3) is 0.0909. The van der Waals surface area contributed by atoms with Crippen molar-refractivity contribution in [1.29, 1.82) is 5.26 Å². The van der Waals surface area contributed by atoms with Gasteiger partial charge in [0.25, 0.3) is 0 Å². The minimum Gasteiger partial charge on any atom is -0.390 e. The van der Waals surface area contributed by atoms with Gasteiger partial charge in [0.2, 0.25) is 5.43 Å². The van der Waals surface area contributed by atoms with E-state index in [-0.39, 0.29) is 11.1 Å². The maximum atomic E-state index is 11.3. The van der Waals surface area contributed by atoms with E-state index in [1.54, 1.807) is 6.07 Å². The lowest BCUT2D eigenvalue weighted by molar-refractivity contribution is 0.273. The highest BCUT2D eigenvalue weighted by atomic mass is 16.3. The Kier molecular flexibility index (Phi) is 2.94. The average Bonchev–Trinajstić information content (AvgIpc) is 2.39. The third kappa shape index (κ3) is 2.19. The van der Waals surface area contributed by atoms with Crippen LogP contribution in [0.1, 0.15) is 11.3 Å². The van der Waals surface area contributed by atoms with Crippen molar-refractivity contribution >= 4 is 0 Å². The van der Waals surface area contributed by atoms with Crippen LogP contribution in [-0.2, 0) is 6.61 Å². The summed E-state index contributed by atoms with van der Waals surface area (Å²) in [6.07, 6.45) is 4.40. The van der Waals surface area contributed by atoms with Gasteiger partial charge in [0, 0.05) is 18.5 Å². The maximum Gasteiger partial charge on any atom is 0.205 e. The summed E-state index contributed by atoms with van der Waals surface area (Å²) in [4.78, 5) is 15.1. The molecule has 2 rings (SSSR count). The number of hydrogen-bond acceptors (Lipinski definition) is 5. The largest absolute Gasteiger partial charge is 0.390 e. The van der Waals surface area contributed by atoms with Crippen LogP contribution in [0.4, 0.5) is 0 Å². The van der Waals surface area contributed by atoms with Crippen LogP contribution >= 0.6 is 0 Å². The van der Waals surface area contributed by atoms with Gasteiger partial charge in [0.05, 0.1) is 24.1 Å². The van der Waals surface area contributed by atoms with Crippen LogP contribution in [0.2, 0.25) is 0 Å². The maximum absolute atomic E-state index is 11.3. The normalized spacial score (nSPS) is 9.88. The Bertz CT molecular complexity index is 642. The molecule has 0 saturated heterocycles. The summed E-state index contributed by atoms with van der Waals surface area (Å²) in [5.41, 5.74) is 0.676. The molecule has 0 unspecified atom stereocenters. The number of aromatic nitrogens is 3. The molecule has 0 amide bonds. The summed E-state index contributed by atoms with van der Waals surface area (Å²) >= 11 is 0. The van der Waals surface area contributed by atoms with E-state index in [2.05, 4.69) is 10.1 Å². The van der Waals surface area contributed by atoms with Crippen LogP contribution in [-0.4, -0.2) is 19.9 Å². The smallest absolute Gasteiger partial charge is 0.205 e. The Morgan fingerprint density at radius 2 is 2.29 bits per heavy atom. The molecule has 0 aliphatic heterocycles. The van der Waals surface area contributed by atoms with Gasteiger partial charge in [0.15, 0.2) is 0 Å². The Labute approximate surface area is 96.4 Å². The molecular weight excluding hydrogens is 220 g/mol. The van der Waals surface area contributed by atoms with Crippen molar-refractivity contribution in [1.82, 2.24) is 14.8 Å². The first-order chi connectivity index (χ1) is 8.24. The van der Waals surface area contributed by atoms with Crippen LogP contribution in [0.25, 0.3) is 5.69 Å². The summed E-state index contributed by atoms with van der Waals surface area (Å²) in [6.45, 7) is -0.426. The monoisotopic (exact) mass is 228 g/mol. The lowest BCUT2D eigenvalue weighted by Gasteiger charge is -2.05. The second kappa shape index (κ2) is 4.55. The SMILES string of the molecule is N#Cc1cncc(-n2ccc(=O)c(CO)n2)c1. The molecule has 0 atom stereocenters. The third-order valence-corrected chi connectivity index (χ3v) is 2.15. The highest BCUT2D eigenvalue weighted by Crippen LogP contribution is 2.05. The summed E-state index contributed by atoms with van der Waals surface area (Å²) in [5.74, 6) is 0. The first-order valence-corrected chi connectivity index (χ1v) is 4.80. The van der Waals surface area contributed by atoms with E-state index in [1.165, 1.54) is 29.3 Å². The Morgan fingerprint density at radius 3 is 3.00 bits per heavy atom. The predicted molar refractivity (Wildman–Crippen MR) is 58.3 cm³/mol. The lowest BCUT2D eigenvalue weighted by Crippen LogP contribution is -2.15. The summed E-state index contributed by atoms with van der Waals surface area (Å²) in [6, 6.07) is 4.85. The molecule has 1 N–H and O–H groups in total. The van der Waals surface area contributed by atoms with Crippen molar-refractivity contribution in [2.75, 3.05) is 0 Å².